The van der Waals surface area contributed by atoms with Crippen molar-refractivity contribution in [1.29, 1.82) is 0 Å². The van der Waals surface area contributed by atoms with Gasteiger partial charge in [-0.05, 0) is 62.3 Å². The van der Waals surface area contributed by atoms with Gasteiger partial charge in [0.1, 0.15) is 0 Å². The van der Waals surface area contributed by atoms with Crippen molar-refractivity contribution in [2.45, 2.75) is 94.1 Å². The first-order valence-corrected chi connectivity index (χ1v) is 12.4. The van der Waals surface area contributed by atoms with Gasteiger partial charge in [0, 0.05) is 25.8 Å². The molecule has 1 radical (unpaired) electrons. The van der Waals surface area contributed by atoms with E-state index in [1.54, 1.807) is 62.3 Å². The van der Waals surface area contributed by atoms with Gasteiger partial charge in [-0.25, -0.2) is 12.1 Å². The van der Waals surface area contributed by atoms with Gasteiger partial charge in [-0.3, -0.25) is 0 Å². The van der Waals surface area contributed by atoms with Gasteiger partial charge >= 0.3 is 68.9 Å². The summed E-state index contributed by atoms with van der Waals surface area (Å²) in [5, 5.41) is 6.97. The molecule has 0 unspecified atom stereocenters. The second kappa shape index (κ2) is 17.5. The molecule has 0 saturated heterocycles. The van der Waals surface area contributed by atoms with Crippen molar-refractivity contribution >= 4 is 14.3 Å². The number of alkyl halides is 9. The smallest absolute Gasteiger partial charge is 0 e. The molecule has 34 heavy (non-hydrogen) atoms. The third-order valence-electron chi connectivity index (χ3n) is 1.41. The number of rotatable bonds is 0. The Hall–Kier alpha value is 0.0130. The zero-order chi connectivity index (χ0) is 28.1. The summed E-state index contributed by atoms with van der Waals surface area (Å²) < 4.78 is 102. The summed E-state index contributed by atoms with van der Waals surface area (Å²) in [6.45, 7) is 15.7. The molecule has 1 aromatic rings. The first kappa shape index (κ1) is 44.0. The van der Waals surface area contributed by atoms with Crippen LogP contribution in [0.15, 0.2) is 30.3 Å². The second-order valence-corrected chi connectivity index (χ2v) is 14.5. The Kier molecular flexibility index (Phi) is 22.6. The van der Waals surface area contributed by atoms with Crippen LogP contribution < -0.4 is 0 Å². The molecule has 3 nitrogen and oxygen atoms in total. The molecule has 14 heteroatoms. The molecule has 1 rings (SSSR count). The quantitative estimate of drug-likeness (QED) is 0.161. The van der Waals surface area contributed by atoms with Crippen molar-refractivity contribution in [3.63, 3.8) is 0 Å². The summed E-state index contributed by atoms with van der Waals surface area (Å²) >= 11 is -7.10. The largest absolute Gasteiger partial charge is 0.214 e. The second-order valence-electron chi connectivity index (χ2n) is 9.34. The summed E-state index contributed by atoms with van der Waals surface area (Å²) in [5.41, 5.74) is -1.50. The molecule has 0 aliphatic carbocycles. The van der Waals surface area contributed by atoms with E-state index in [-0.39, 0.29) is 25.8 Å². The van der Waals surface area contributed by atoms with E-state index in [4.69, 9.17) is 15.3 Å². The molecule has 1 aromatic carbocycles. The minimum absolute atomic E-state index is 0. The Labute approximate surface area is 219 Å². The minimum atomic E-state index is -7.10. The summed E-state index contributed by atoms with van der Waals surface area (Å²) in [5.74, 6) is 0. The maximum absolute atomic E-state index is 11.3. The van der Waals surface area contributed by atoms with Crippen LogP contribution in [0.2, 0.25) is 0 Å². The van der Waals surface area contributed by atoms with E-state index in [0.717, 1.165) is 0 Å². The molecule has 3 N–H and O–H groups in total. The maximum Gasteiger partial charge on any atom is 0 e. The number of aliphatic hydroxyl groups is 3. The van der Waals surface area contributed by atoms with E-state index in [2.05, 4.69) is 0 Å². The zero-order valence-corrected chi connectivity index (χ0v) is 26.3. The van der Waals surface area contributed by atoms with Crippen molar-refractivity contribution in [3.8, 4) is 0 Å². The Balaban J connectivity index is -0.000000112. The van der Waals surface area contributed by atoms with Crippen molar-refractivity contribution in [2.24, 2.45) is 0 Å². The summed E-state index contributed by atoms with van der Waals surface area (Å²) in [6, 6.07) is 10.0. The Morgan fingerprint density at radius 3 is 0.676 bits per heavy atom. The van der Waals surface area contributed by atoms with Crippen LogP contribution in [0.5, 0.6) is 0 Å². The fourth-order valence-electron chi connectivity index (χ4n) is 0.803. The molecule has 0 aromatic heterocycles. The Bertz CT molecular complexity index is 470. The van der Waals surface area contributed by atoms with E-state index in [1.807, 2.05) is 30.3 Å². The van der Waals surface area contributed by atoms with Crippen LogP contribution in [0.1, 0.15) is 62.3 Å². The maximum atomic E-state index is 11.3. The van der Waals surface area contributed by atoms with Gasteiger partial charge in [0.05, 0.1) is 16.8 Å². The van der Waals surface area contributed by atoms with Gasteiger partial charge in [0.25, 0.3) is 0 Å². The van der Waals surface area contributed by atoms with Crippen molar-refractivity contribution in [1.82, 2.24) is 0 Å². The monoisotopic (exact) mass is 748 g/mol. The first-order chi connectivity index (χ1) is 13.9. The van der Waals surface area contributed by atoms with E-state index in [0.29, 0.717) is 0 Å². The van der Waals surface area contributed by atoms with Crippen LogP contribution >= 0.6 is 0 Å². The van der Waals surface area contributed by atoms with Gasteiger partial charge < -0.3 is 15.3 Å². The summed E-state index contributed by atoms with van der Waals surface area (Å²) in [6.07, 6.45) is 0. The van der Waals surface area contributed by atoms with E-state index in [1.165, 1.54) is 0 Å². The summed E-state index contributed by atoms with van der Waals surface area (Å²) in [4.78, 5) is 0. The Morgan fingerprint density at radius 2 is 0.647 bits per heavy atom. The predicted octanol–water partition coefficient (Wildman–Crippen LogP) is 6.52. The van der Waals surface area contributed by atoms with E-state index in [9.17, 15) is 39.5 Å². The van der Waals surface area contributed by atoms with Gasteiger partial charge in [-0.1, -0.05) is 0 Å². The van der Waals surface area contributed by atoms with E-state index >= 15 is 0 Å². The fraction of sp³-hybridized carbons (Fsp3) is 0.750. The molecule has 0 spiro atoms. The van der Waals surface area contributed by atoms with Crippen LogP contribution in [0, 0.1) is 0 Å². The third kappa shape index (κ3) is 58.1. The summed E-state index contributed by atoms with van der Waals surface area (Å²) in [7, 11) is 0. The van der Waals surface area contributed by atoms with Crippen LogP contribution in [-0.4, -0.2) is 61.5 Å². The molecule has 0 fully saturated rings. The first-order valence-electron chi connectivity index (χ1n) is 9.29. The number of hydrogen-bond acceptors (Lipinski definition) is 3. The molecule has 0 amide bonds. The topological polar surface area (TPSA) is 60.7 Å². The fourth-order valence-corrected chi connectivity index (χ4v) is 2.83. The zero-order valence-electron chi connectivity index (χ0n) is 20.6. The van der Waals surface area contributed by atoms with Crippen LogP contribution in [0.4, 0.5) is 39.5 Å². The molecule has 0 heterocycles. The average molecular weight is 746 g/mol. The minimum Gasteiger partial charge on any atom is -0.214 e. The third-order valence-corrected chi connectivity index (χ3v) is 4.97. The van der Waals surface area contributed by atoms with Crippen molar-refractivity contribution in [3.05, 3.63) is 30.3 Å². The van der Waals surface area contributed by atoms with Crippen LogP contribution in [0.25, 0.3) is 0 Å². The normalized spacial score (nSPS) is 12.3. The van der Waals surface area contributed by atoms with Gasteiger partial charge in [-0.15, -0.1) is 0 Å². The van der Waals surface area contributed by atoms with Crippen LogP contribution in [-0.2, 0) is 25.8 Å². The molecule has 0 aliphatic rings. The number of hydrogen-bond donors (Lipinski definition) is 3. The molecule has 0 aliphatic heterocycles. The van der Waals surface area contributed by atoms with Gasteiger partial charge in [-0.2, -0.15) is 18.2 Å². The molecule has 0 saturated carbocycles. The van der Waals surface area contributed by atoms with Crippen molar-refractivity contribution in [2.75, 3.05) is 0 Å². The number of halogens is 9. The molecule has 0 bridgehead atoms. The SMILES string of the molecule is CC(C)(C)O.CC(C)(C)O.CC(C)(C)O.F[C](F)(F)[Ge]([C](F)(F)F)[C](F)(F)F.[Hf].c1cc[cH-]c1. The average Bonchev–Trinajstić information content (AvgIpc) is 2.82. The molecular weight excluding hydrogens is 710 g/mol. The molecule has 0 atom stereocenters. The van der Waals surface area contributed by atoms with E-state index < -0.39 is 46.2 Å². The van der Waals surface area contributed by atoms with Crippen molar-refractivity contribution < 1.29 is 80.7 Å². The van der Waals surface area contributed by atoms with Gasteiger partial charge in [0.2, 0.25) is 0 Å². The predicted molar refractivity (Wildman–Crippen MR) is 112 cm³/mol. The van der Waals surface area contributed by atoms with Gasteiger partial charge in [0.15, 0.2) is 0 Å². The molecular formula is C20H35F9GeHfO3-. The molecule has 205 valence electrons. The standard InChI is InChI=1S/C5H5.3C4H10O.C3F9Ge.Hf/c1-2-4-5-3-1;3*1-4(2,3)5;4-1(5,6)13(2(7,8)9)3(10,11)12;/h1-5H;3*5H,1-3H3;;/q-1;;;;;. The van der Waals surface area contributed by atoms with Crippen LogP contribution in [0.3, 0.4) is 0 Å². The Morgan fingerprint density at radius 1 is 0.500 bits per heavy atom.